The molecule has 4 rings (SSSR count). The molecule has 5 heteroatoms. The largest absolute Gasteiger partial charge is 0.508 e. The lowest BCUT2D eigenvalue weighted by atomic mass is 10.1. The van der Waals surface area contributed by atoms with E-state index < -0.39 is 0 Å². The third-order valence-corrected chi connectivity index (χ3v) is 3.87. The Labute approximate surface area is 138 Å². The molecule has 24 heavy (non-hydrogen) atoms. The molecule has 4 aromatic rings. The van der Waals surface area contributed by atoms with Crippen molar-refractivity contribution in [3.8, 4) is 17.2 Å². The summed E-state index contributed by atoms with van der Waals surface area (Å²) in [6.45, 7) is 0. The van der Waals surface area contributed by atoms with Gasteiger partial charge in [0, 0.05) is 18.7 Å². The van der Waals surface area contributed by atoms with Crippen LogP contribution in [0.2, 0.25) is 0 Å². The summed E-state index contributed by atoms with van der Waals surface area (Å²) < 4.78 is 1.95. The second kappa shape index (κ2) is 5.70. The highest BCUT2D eigenvalue weighted by Crippen LogP contribution is 2.24. The first-order chi connectivity index (χ1) is 11.7. The lowest BCUT2D eigenvalue weighted by molar-refractivity contribution is 0.474. The van der Waals surface area contributed by atoms with Gasteiger partial charge in [-0.15, -0.1) is 0 Å². The highest BCUT2D eigenvalue weighted by atomic mass is 16.3. The van der Waals surface area contributed by atoms with Crippen LogP contribution in [0, 0.1) is 0 Å². The van der Waals surface area contributed by atoms with Crippen LogP contribution in [-0.4, -0.2) is 24.7 Å². The summed E-state index contributed by atoms with van der Waals surface area (Å²) in [7, 11) is 0. The molecule has 0 saturated heterocycles. The summed E-state index contributed by atoms with van der Waals surface area (Å²) in [5.41, 5.74) is 3.39. The van der Waals surface area contributed by atoms with Crippen LogP contribution in [0.5, 0.6) is 11.5 Å². The monoisotopic (exact) mass is 317 g/mol. The number of rotatable bonds is 3. The molecule has 0 amide bonds. The van der Waals surface area contributed by atoms with Crippen molar-refractivity contribution in [2.75, 3.05) is 0 Å². The van der Waals surface area contributed by atoms with E-state index in [9.17, 15) is 10.2 Å². The molecule has 0 saturated carbocycles. The van der Waals surface area contributed by atoms with Crippen LogP contribution in [0.1, 0.15) is 11.4 Å². The van der Waals surface area contributed by atoms with Crippen molar-refractivity contribution in [3.63, 3.8) is 0 Å². The van der Waals surface area contributed by atoms with Gasteiger partial charge in [-0.1, -0.05) is 18.2 Å². The summed E-state index contributed by atoms with van der Waals surface area (Å²) >= 11 is 0. The third kappa shape index (κ3) is 2.56. The maximum absolute atomic E-state index is 9.81. The second-order valence-corrected chi connectivity index (χ2v) is 5.57. The number of nitrogens with zero attached hydrogens (tertiary/aromatic N) is 3. The van der Waals surface area contributed by atoms with Crippen LogP contribution in [0.25, 0.3) is 16.9 Å². The van der Waals surface area contributed by atoms with E-state index >= 15 is 0 Å². The number of benzene rings is 2. The molecule has 2 N–H and O–H groups in total. The summed E-state index contributed by atoms with van der Waals surface area (Å²) in [6.07, 6.45) is 2.32. The zero-order valence-electron chi connectivity index (χ0n) is 12.8. The fraction of sp³-hybridized carbons (Fsp3) is 0.0526. The predicted molar refractivity (Wildman–Crippen MR) is 91.4 cm³/mol. The molecule has 0 unspecified atom stereocenters. The van der Waals surface area contributed by atoms with E-state index in [4.69, 9.17) is 4.98 Å². The van der Waals surface area contributed by atoms with Gasteiger partial charge in [0.2, 0.25) is 0 Å². The third-order valence-electron chi connectivity index (χ3n) is 3.87. The Morgan fingerprint density at radius 2 is 1.71 bits per heavy atom. The number of hydrogen-bond acceptors (Lipinski definition) is 4. The van der Waals surface area contributed by atoms with Crippen LogP contribution in [0.4, 0.5) is 0 Å². The van der Waals surface area contributed by atoms with Gasteiger partial charge in [0.1, 0.15) is 22.8 Å². The Kier molecular flexibility index (Phi) is 3.39. The molecule has 2 aromatic heterocycles. The van der Waals surface area contributed by atoms with Gasteiger partial charge >= 0.3 is 0 Å². The minimum Gasteiger partial charge on any atom is -0.508 e. The number of phenolic OH excluding ortho intramolecular Hbond substituents is 2. The van der Waals surface area contributed by atoms with E-state index in [0.29, 0.717) is 6.42 Å². The summed E-state index contributed by atoms with van der Waals surface area (Å²) in [5, 5.41) is 19.3. The van der Waals surface area contributed by atoms with E-state index in [-0.39, 0.29) is 11.5 Å². The minimum atomic E-state index is 0.195. The fourth-order valence-corrected chi connectivity index (χ4v) is 2.78. The number of hydrogen-bond donors (Lipinski definition) is 2. The zero-order valence-corrected chi connectivity index (χ0v) is 12.8. The molecule has 0 aliphatic heterocycles. The lowest BCUT2D eigenvalue weighted by Gasteiger charge is -2.09. The molecule has 0 fully saturated rings. The van der Waals surface area contributed by atoms with Crippen LogP contribution < -0.4 is 0 Å². The molecule has 0 bridgehead atoms. The topological polar surface area (TPSA) is 71.2 Å². The average molecular weight is 317 g/mol. The van der Waals surface area contributed by atoms with E-state index in [2.05, 4.69) is 4.98 Å². The van der Waals surface area contributed by atoms with Crippen molar-refractivity contribution < 1.29 is 10.2 Å². The van der Waals surface area contributed by atoms with Gasteiger partial charge in [-0.3, -0.25) is 4.57 Å². The van der Waals surface area contributed by atoms with Crippen molar-refractivity contribution in [1.82, 2.24) is 14.5 Å². The molecule has 0 atom stereocenters. The standard InChI is InChI=1S/C19H15N3O2/c23-15-8-6-13(7-9-15)11-18-21-17-5-2-10-20-19(17)22(18)14-3-1-4-16(24)12-14/h1-10,12,23-24H,11H2. The SMILES string of the molecule is Oc1ccc(Cc2nc3cccnc3n2-c2cccc(O)c2)cc1. The molecule has 0 radical (unpaired) electrons. The number of phenols is 2. The van der Waals surface area contributed by atoms with E-state index in [1.54, 1.807) is 36.5 Å². The van der Waals surface area contributed by atoms with Gasteiger partial charge < -0.3 is 10.2 Å². The molecule has 2 aromatic carbocycles. The Hall–Kier alpha value is -3.34. The first-order valence-electron chi connectivity index (χ1n) is 7.60. The smallest absolute Gasteiger partial charge is 0.164 e. The van der Waals surface area contributed by atoms with Gasteiger partial charge in [0.05, 0.1) is 5.69 Å². The van der Waals surface area contributed by atoms with Gasteiger partial charge in [0.15, 0.2) is 5.65 Å². The fourth-order valence-electron chi connectivity index (χ4n) is 2.78. The first kappa shape index (κ1) is 14.3. The van der Waals surface area contributed by atoms with Crippen molar-refractivity contribution in [2.24, 2.45) is 0 Å². The molecule has 0 aliphatic carbocycles. The van der Waals surface area contributed by atoms with Crippen molar-refractivity contribution in [1.29, 1.82) is 0 Å². The van der Waals surface area contributed by atoms with E-state index in [0.717, 1.165) is 28.2 Å². The van der Waals surface area contributed by atoms with Crippen molar-refractivity contribution in [2.45, 2.75) is 6.42 Å². The van der Waals surface area contributed by atoms with E-state index in [1.165, 1.54) is 0 Å². The summed E-state index contributed by atoms with van der Waals surface area (Å²) in [4.78, 5) is 9.14. The van der Waals surface area contributed by atoms with Gasteiger partial charge in [-0.2, -0.15) is 0 Å². The number of aromatic nitrogens is 3. The van der Waals surface area contributed by atoms with Crippen LogP contribution >= 0.6 is 0 Å². The number of fused-ring (bicyclic) bond motifs is 1. The molecule has 2 heterocycles. The quantitative estimate of drug-likeness (QED) is 0.607. The van der Waals surface area contributed by atoms with Crippen molar-refractivity contribution >= 4 is 11.2 Å². The minimum absolute atomic E-state index is 0.195. The number of imidazole rings is 1. The maximum atomic E-state index is 9.81. The van der Waals surface area contributed by atoms with Crippen molar-refractivity contribution in [3.05, 3.63) is 78.2 Å². The van der Waals surface area contributed by atoms with Crippen LogP contribution in [-0.2, 0) is 6.42 Å². The summed E-state index contributed by atoms with van der Waals surface area (Å²) in [5.74, 6) is 1.25. The number of aromatic hydroxyl groups is 2. The maximum Gasteiger partial charge on any atom is 0.164 e. The molecule has 118 valence electrons. The van der Waals surface area contributed by atoms with E-state index in [1.807, 2.05) is 34.9 Å². The van der Waals surface area contributed by atoms with Crippen LogP contribution in [0.15, 0.2) is 66.9 Å². The highest BCUT2D eigenvalue weighted by molar-refractivity contribution is 5.74. The second-order valence-electron chi connectivity index (χ2n) is 5.57. The zero-order chi connectivity index (χ0) is 16.5. The number of pyridine rings is 1. The first-order valence-corrected chi connectivity index (χ1v) is 7.60. The lowest BCUT2D eigenvalue weighted by Crippen LogP contribution is -2.03. The molecular weight excluding hydrogens is 302 g/mol. The van der Waals surface area contributed by atoms with Gasteiger partial charge in [-0.25, -0.2) is 9.97 Å². The molecule has 0 aliphatic rings. The Morgan fingerprint density at radius 3 is 2.50 bits per heavy atom. The molecule has 5 nitrogen and oxygen atoms in total. The Morgan fingerprint density at radius 1 is 0.875 bits per heavy atom. The van der Waals surface area contributed by atoms with Gasteiger partial charge in [-0.05, 0) is 42.0 Å². The average Bonchev–Trinajstić information content (AvgIpc) is 2.95. The van der Waals surface area contributed by atoms with Crippen LogP contribution in [0.3, 0.4) is 0 Å². The highest BCUT2D eigenvalue weighted by Gasteiger charge is 2.14. The Balaban J connectivity index is 1.88. The predicted octanol–water partition coefficient (Wildman–Crippen LogP) is 3.42. The molecular formula is C19H15N3O2. The Bertz CT molecular complexity index is 1010. The summed E-state index contributed by atoms with van der Waals surface area (Å²) in [6, 6.07) is 17.9. The normalized spacial score (nSPS) is 11.0. The molecule has 0 spiro atoms. The van der Waals surface area contributed by atoms with Gasteiger partial charge in [0.25, 0.3) is 0 Å².